The zero-order valence-corrected chi connectivity index (χ0v) is 16.8. The van der Waals surface area contributed by atoms with Crippen molar-refractivity contribution in [2.24, 2.45) is 0 Å². The van der Waals surface area contributed by atoms with Crippen LogP contribution < -0.4 is 0 Å². The van der Waals surface area contributed by atoms with Crippen LogP contribution in [0, 0.1) is 0 Å². The summed E-state index contributed by atoms with van der Waals surface area (Å²) in [7, 11) is 0. The van der Waals surface area contributed by atoms with Gasteiger partial charge in [0.05, 0.1) is 10.2 Å². The van der Waals surface area contributed by atoms with Crippen molar-refractivity contribution in [3.05, 3.63) is 94.5 Å². The van der Waals surface area contributed by atoms with Crippen molar-refractivity contribution >= 4 is 39.4 Å². The molecule has 0 spiro atoms. The van der Waals surface area contributed by atoms with Crippen molar-refractivity contribution in [1.29, 1.82) is 0 Å². The SMILES string of the molecule is O=C(/C=C/c1nc2ccccc2s1)OCC(=O)c1ccc2c(c1)-c1ccccc1C2. The van der Waals surface area contributed by atoms with Crippen LogP contribution in [0.2, 0.25) is 0 Å². The molecule has 0 fully saturated rings. The van der Waals surface area contributed by atoms with Gasteiger partial charge in [0.1, 0.15) is 5.01 Å². The van der Waals surface area contributed by atoms with E-state index in [4.69, 9.17) is 4.74 Å². The summed E-state index contributed by atoms with van der Waals surface area (Å²) in [6.07, 6.45) is 3.80. The number of ether oxygens (including phenoxy) is 1. The van der Waals surface area contributed by atoms with Crippen LogP contribution in [0.15, 0.2) is 72.8 Å². The molecule has 1 aromatic heterocycles. The van der Waals surface area contributed by atoms with Crippen LogP contribution in [0.4, 0.5) is 0 Å². The molecule has 146 valence electrons. The molecule has 1 aliphatic rings. The van der Waals surface area contributed by atoms with Gasteiger partial charge in [0.15, 0.2) is 12.4 Å². The van der Waals surface area contributed by atoms with E-state index in [1.54, 1.807) is 12.1 Å². The van der Waals surface area contributed by atoms with Crippen molar-refractivity contribution in [2.75, 3.05) is 6.61 Å². The Bertz CT molecular complexity index is 1290. The Labute approximate surface area is 177 Å². The Morgan fingerprint density at radius 1 is 0.967 bits per heavy atom. The maximum absolute atomic E-state index is 12.5. The lowest BCUT2D eigenvalue weighted by atomic mass is 10.0. The second kappa shape index (κ2) is 7.69. The minimum Gasteiger partial charge on any atom is -0.454 e. The number of fused-ring (bicyclic) bond motifs is 4. The topological polar surface area (TPSA) is 56.3 Å². The van der Waals surface area contributed by atoms with Crippen molar-refractivity contribution in [2.45, 2.75) is 6.42 Å². The highest BCUT2D eigenvalue weighted by Crippen LogP contribution is 2.36. The summed E-state index contributed by atoms with van der Waals surface area (Å²) in [4.78, 5) is 29.0. The number of benzene rings is 3. The number of ketones is 1. The fraction of sp³-hybridized carbons (Fsp3) is 0.0800. The number of para-hydroxylation sites is 1. The summed E-state index contributed by atoms with van der Waals surface area (Å²) in [5, 5.41) is 0.719. The molecule has 4 aromatic rings. The van der Waals surface area contributed by atoms with Gasteiger partial charge in [-0.2, -0.15) is 0 Å². The first-order valence-corrected chi connectivity index (χ1v) is 10.4. The maximum atomic E-state index is 12.5. The van der Waals surface area contributed by atoms with E-state index < -0.39 is 5.97 Å². The molecule has 0 saturated heterocycles. The summed E-state index contributed by atoms with van der Waals surface area (Å²) in [5.41, 5.74) is 6.17. The molecule has 0 amide bonds. The first-order chi connectivity index (χ1) is 14.7. The number of esters is 1. The number of carbonyl (C=O) groups is 2. The van der Waals surface area contributed by atoms with E-state index in [2.05, 4.69) is 17.1 Å². The van der Waals surface area contributed by atoms with E-state index in [0.717, 1.165) is 32.8 Å². The predicted molar refractivity (Wildman–Crippen MR) is 119 cm³/mol. The molecule has 3 aromatic carbocycles. The Morgan fingerprint density at radius 2 is 1.77 bits per heavy atom. The summed E-state index contributed by atoms with van der Waals surface area (Å²) in [5.74, 6) is -0.780. The smallest absolute Gasteiger partial charge is 0.331 e. The molecule has 4 nitrogen and oxygen atoms in total. The summed E-state index contributed by atoms with van der Waals surface area (Å²) < 4.78 is 6.20. The van der Waals surface area contributed by atoms with Crippen molar-refractivity contribution in [3.63, 3.8) is 0 Å². The summed E-state index contributed by atoms with van der Waals surface area (Å²) in [6.45, 7) is -0.288. The van der Waals surface area contributed by atoms with Gasteiger partial charge in [0.2, 0.25) is 0 Å². The third kappa shape index (κ3) is 3.55. The minimum absolute atomic E-state index is 0.219. The van der Waals surface area contributed by atoms with Crippen LogP contribution >= 0.6 is 11.3 Å². The van der Waals surface area contributed by atoms with Crippen LogP contribution in [-0.4, -0.2) is 23.3 Å². The van der Waals surface area contributed by atoms with Crippen molar-refractivity contribution < 1.29 is 14.3 Å². The van der Waals surface area contributed by atoms with Gasteiger partial charge in [0, 0.05) is 11.6 Å². The average Bonchev–Trinajstić information content (AvgIpc) is 3.36. The van der Waals surface area contributed by atoms with E-state index in [0.29, 0.717) is 5.56 Å². The first-order valence-electron chi connectivity index (χ1n) is 9.62. The van der Waals surface area contributed by atoms with Gasteiger partial charge < -0.3 is 4.74 Å². The molecule has 30 heavy (non-hydrogen) atoms. The van der Waals surface area contributed by atoms with Gasteiger partial charge in [-0.1, -0.05) is 48.5 Å². The van der Waals surface area contributed by atoms with Crippen molar-refractivity contribution in [3.8, 4) is 11.1 Å². The van der Waals surface area contributed by atoms with Crippen molar-refractivity contribution in [1.82, 2.24) is 4.98 Å². The predicted octanol–water partition coefficient (Wildman–Crippen LogP) is 5.31. The van der Waals surface area contributed by atoms with E-state index in [-0.39, 0.29) is 12.4 Å². The van der Waals surface area contributed by atoms with Gasteiger partial charge in [0.25, 0.3) is 0 Å². The molecule has 0 saturated carbocycles. The van der Waals surface area contributed by atoms with Crippen LogP contribution in [0.3, 0.4) is 0 Å². The molecule has 5 rings (SSSR count). The molecule has 0 unspecified atom stereocenters. The highest BCUT2D eigenvalue weighted by molar-refractivity contribution is 7.19. The average molecular weight is 411 g/mol. The standard InChI is InChI=1S/C25H17NO3S/c27-22(18-10-9-17-13-16-5-1-2-6-19(16)20(17)14-18)15-29-25(28)12-11-24-26-21-7-3-4-8-23(21)30-24/h1-12,14H,13,15H2/b12-11+. The van der Waals surface area contributed by atoms with Gasteiger partial charge >= 0.3 is 5.97 Å². The number of nitrogens with zero attached hydrogens (tertiary/aromatic N) is 1. The largest absolute Gasteiger partial charge is 0.454 e. The number of hydrogen-bond donors (Lipinski definition) is 0. The highest BCUT2D eigenvalue weighted by Gasteiger charge is 2.19. The lowest BCUT2D eigenvalue weighted by Gasteiger charge is -2.05. The number of aromatic nitrogens is 1. The van der Waals surface area contributed by atoms with Crippen LogP contribution in [-0.2, 0) is 16.0 Å². The van der Waals surface area contributed by atoms with E-state index >= 15 is 0 Å². The Hall–Kier alpha value is -3.57. The van der Waals surface area contributed by atoms with Gasteiger partial charge in [-0.25, -0.2) is 9.78 Å². The monoisotopic (exact) mass is 411 g/mol. The molecule has 0 bridgehead atoms. The Kier molecular flexibility index (Phi) is 4.73. The van der Waals surface area contributed by atoms with Gasteiger partial charge in [-0.05, 0) is 52.9 Å². The molecular weight excluding hydrogens is 394 g/mol. The second-order valence-electron chi connectivity index (χ2n) is 7.09. The van der Waals surface area contributed by atoms with E-state index in [1.807, 2.05) is 48.5 Å². The number of carbonyl (C=O) groups excluding carboxylic acids is 2. The molecule has 0 atom stereocenters. The van der Waals surface area contributed by atoms with Gasteiger partial charge in [-0.15, -0.1) is 11.3 Å². The fourth-order valence-electron chi connectivity index (χ4n) is 3.67. The van der Waals surface area contributed by atoms with Gasteiger partial charge in [-0.3, -0.25) is 4.79 Å². The third-order valence-electron chi connectivity index (χ3n) is 5.14. The zero-order chi connectivity index (χ0) is 20.5. The Balaban J connectivity index is 1.24. The van der Waals surface area contributed by atoms with Crippen LogP contribution in [0.5, 0.6) is 0 Å². The maximum Gasteiger partial charge on any atom is 0.331 e. The summed E-state index contributed by atoms with van der Waals surface area (Å²) >= 11 is 1.49. The zero-order valence-electron chi connectivity index (χ0n) is 16.0. The lowest BCUT2D eigenvalue weighted by molar-refractivity contribution is -0.136. The lowest BCUT2D eigenvalue weighted by Crippen LogP contribution is -2.12. The summed E-state index contributed by atoms with van der Waals surface area (Å²) in [6, 6.07) is 21.7. The quantitative estimate of drug-likeness (QED) is 0.224. The molecule has 0 aliphatic heterocycles. The molecular formula is C25H17NO3S. The molecule has 5 heteroatoms. The third-order valence-corrected chi connectivity index (χ3v) is 6.14. The Morgan fingerprint density at radius 3 is 2.67 bits per heavy atom. The fourth-order valence-corrected chi connectivity index (χ4v) is 4.54. The molecule has 0 N–H and O–H groups in total. The van der Waals surface area contributed by atoms with Crippen LogP contribution in [0.25, 0.3) is 27.4 Å². The van der Waals surface area contributed by atoms with Crippen LogP contribution in [0.1, 0.15) is 26.5 Å². The molecule has 0 radical (unpaired) electrons. The molecule has 1 heterocycles. The molecule has 1 aliphatic carbocycles. The number of hydrogen-bond acceptors (Lipinski definition) is 5. The number of rotatable bonds is 5. The highest BCUT2D eigenvalue weighted by atomic mass is 32.1. The second-order valence-corrected chi connectivity index (χ2v) is 8.15. The first kappa shape index (κ1) is 18.5. The van der Waals surface area contributed by atoms with E-state index in [9.17, 15) is 9.59 Å². The number of thiazole rings is 1. The normalized spacial score (nSPS) is 12.1. The van der Waals surface area contributed by atoms with E-state index in [1.165, 1.54) is 28.5 Å². The number of Topliss-reactive ketones (excluding diaryl/α,β-unsaturated/α-hetero) is 1. The minimum atomic E-state index is -0.561.